The molecule has 0 bridgehead atoms. The van der Waals surface area contributed by atoms with Gasteiger partial charge in [-0.2, -0.15) is 5.26 Å². The zero-order chi connectivity index (χ0) is 21.0. The Morgan fingerprint density at radius 1 is 1.10 bits per heavy atom. The highest BCUT2D eigenvalue weighted by Gasteiger charge is 2.23. The molecular weight excluding hydrogens is 390 g/mol. The predicted molar refractivity (Wildman–Crippen MR) is 118 cm³/mol. The van der Waals surface area contributed by atoms with Crippen LogP contribution in [-0.2, 0) is 17.6 Å². The predicted octanol–water partition coefficient (Wildman–Crippen LogP) is 2.79. The Balaban J connectivity index is 1.23. The van der Waals surface area contributed by atoms with Gasteiger partial charge in [-0.15, -0.1) is 0 Å². The molecule has 0 saturated carbocycles. The van der Waals surface area contributed by atoms with E-state index in [0.29, 0.717) is 12.2 Å². The van der Waals surface area contributed by atoms with Crippen molar-refractivity contribution >= 4 is 16.7 Å². The number of nitrogens with one attached hydrogen (secondary N) is 1. The average Bonchev–Trinajstić information content (AvgIpc) is 3.21. The Morgan fingerprint density at radius 3 is 2.84 bits per heavy atom. The molecule has 7 heteroatoms. The second-order valence-electron chi connectivity index (χ2n) is 8.05. The van der Waals surface area contributed by atoms with Gasteiger partial charge in [-0.25, -0.2) is 9.97 Å². The molecular formula is C24H25N5O2. The number of hydrogen-bond donors (Lipinski definition) is 1. The third-order valence-corrected chi connectivity index (χ3v) is 6.00. The van der Waals surface area contributed by atoms with Gasteiger partial charge in [0.25, 0.3) is 0 Å². The van der Waals surface area contributed by atoms with Gasteiger partial charge in [0.1, 0.15) is 24.5 Å². The Hall–Kier alpha value is -3.21. The Kier molecular flexibility index (Phi) is 5.65. The van der Waals surface area contributed by atoms with Crippen molar-refractivity contribution < 1.29 is 9.47 Å². The molecule has 1 fully saturated rings. The average molecular weight is 415 g/mol. The van der Waals surface area contributed by atoms with Gasteiger partial charge in [0, 0.05) is 31.1 Å². The summed E-state index contributed by atoms with van der Waals surface area (Å²) in [4.78, 5) is 11.1. The molecule has 31 heavy (non-hydrogen) atoms. The Bertz CT molecular complexity index is 1120. The number of benzene rings is 2. The second kappa shape index (κ2) is 8.88. The van der Waals surface area contributed by atoms with Crippen LogP contribution < -0.4 is 10.1 Å². The molecule has 1 atom stereocenters. The number of anilines is 1. The standard InChI is InChI=1S/C24H25N5O2/c25-15-17-1-4-23-22(11-17)24(27-16-26-23)28-20-12-18-2-3-21(14-19(18)13-20)31-10-7-29-5-8-30-9-6-29/h1-4,11,14,16,20H,5-10,12-13H2,(H,26,27,28). The summed E-state index contributed by atoms with van der Waals surface area (Å²) in [6.45, 7) is 5.20. The van der Waals surface area contributed by atoms with E-state index in [1.807, 2.05) is 12.1 Å². The fourth-order valence-corrected chi connectivity index (χ4v) is 4.34. The SMILES string of the molecule is N#Cc1ccc2ncnc(NC3Cc4ccc(OCCN5CCOCC5)cc4C3)c2c1. The zero-order valence-corrected chi connectivity index (χ0v) is 17.4. The summed E-state index contributed by atoms with van der Waals surface area (Å²) < 4.78 is 11.4. The smallest absolute Gasteiger partial charge is 0.137 e. The molecule has 0 spiro atoms. The summed E-state index contributed by atoms with van der Waals surface area (Å²) in [5.41, 5.74) is 4.11. The van der Waals surface area contributed by atoms with Crippen LogP contribution in [0.5, 0.6) is 5.75 Å². The largest absolute Gasteiger partial charge is 0.492 e. The first-order valence-electron chi connectivity index (χ1n) is 10.7. The molecule has 1 unspecified atom stereocenters. The highest BCUT2D eigenvalue weighted by atomic mass is 16.5. The lowest BCUT2D eigenvalue weighted by Gasteiger charge is -2.26. The van der Waals surface area contributed by atoms with Gasteiger partial charge in [-0.1, -0.05) is 6.07 Å². The van der Waals surface area contributed by atoms with E-state index in [4.69, 9.17) is 9.47 Å². The number of nitriles is 1. The molecule has 2 aromatic carbocycles. The van der Waals surface area contributed by atoms with E-state index in [2.05, 4.69) is 44.5 Å². The number of hydrogen-bond acceptors (Lipinski definition) is 7. The number of nitrogens with zero attached hydrogens (tertiary/aromatic N) is 4. The van der Waals surface area contributed by atoms with E-state index < -0.39 is 0 Å². The fraction of sp³-hybridized carbons (Fsp3) is 0.375. The zero-order valence-electron chi connectivity index (χ0n) is 17.4. The summed E-state index contributed by atoms with van der Waals surface area (Å²) in [6, 6.07) is 14.4. The number of rotatable bonds is 6. The van der Waals surface area contributed by atoms with E-state index in [-0.39, 0.29) is 6.04 Å². The van der Waals surface area contributed by atoms with Crippen molar-refractivity contribution in [2.24, 2.45) is 0 Å². The lowest BCUT2D eigenvalue weighted by atomic mass is 10.1. The van der Waals surface area contributed by atoms with Crippen LogP contribution in [-0.4, -0.2) is 60.4 Å². The molecule has 0 radical (unpaired) electrons. The molecule has 5 rings (SSSR count). The van der Waals surface area contributed by atoms with Crippen molar-refractivity contribution in [3.8, 4) is 11.8 Å². The number of aromatic nitrogens is 2. The molecule has 0 amide bonds. The van der Waals surface area contributed by atoms with Crippen molar-refractivity contribution in [1.82, 2.24) is 14.9 Å². The van der Waals surface area contributed by atoms with Gasteiger partial charge in [0.05, 0.1) is 30.4 Å². The number of fused-ring (bicyclic) bond motifs is 2. The summed E-state index contributed by atoms with van der Waals surface area (Å²) in [7, 11) is 0. The van der Waals surface area contributed by atoms with E-state index in [0.717, 1.165) is 68.2 Å². The normalized spacial score (nSPS) is 18.5. The molecule has 7 nitrogen and oxygen atoms in total. The van der Waals surface area contributed by atoms with Crippen molar-refractivity contribution in [2.45, 2.75) is 18.9 Å². The summed E-state index contributed by atoms with van der Waals surface area (Å²) in [5.74, 6) is 1.71. The minimum atomic E-state index is 0.252. The fourth-order valence-electron chi connectivity index (χ4n) is 4.34. The van der Waals surface area contributed by atoms with Crippen LogP contribution in [0.15, 0.2) is 42.7 Å². The Labute approximate surface area is 181 Å². The van der Waals surface area contributed by atoms with Gasteiger partial charge < -0.3 is 14.8 Å². The van der Waals surface area contributed by atoms with Gasteiger partial charge in [0.15, 0.2) is 0 Å². The first-order valence-corrected chi connectivity index (χ1v) is 10.7. The monoisotopic (exact) mass is 415 g/mol. The van der Waals surface area contributed by atoms with Crippen LogP contribution >= 0.6 is 0 Å². The quantitative estimate of drug-likeness (QED) is 0.663. The van der Waals surface area contributed by atoms with Gasteiger partial charge >= 0.3 is 0 Å². The summed E-state index contributed by atoms with van der Waals surface area (Å²) in [6.07, 6.45) is 3.42. The van der Waals surface area contributed by atoms with Crippen molar-refractivity contribution in [1.29, 1.82) is 5.26 Å². The van der Waals surface area contributed by atoms with Crippen LogP contribution in [0.4, 0.5) is 5.82 Å². The van der Waals surface area contributed by atoms with E-state index in [1.54, 1.807) is 12.4 Å². The number of ether oxygens (including phenoxy) is 2. The molecule has 1 aliphatic heterocycles. The van der Waals surface area contributed by atoms with E-state index in [9.17, 15) is 5.26 Å². The van der Waals surface area contributed by atoms with Gasteiger partial charge in [-0.3, -0.25) is 4.90 Å². The van der Waals surface area contributed by atoms with Crippen LogP contribution in [0, 0.1) is 11.3 Å². The maximum atomic E-state index is 9.22. The van der Waals surface area contributed by atoms with Crippen LogP contribution in [0.1, 0.15) is 16.7 Å². The third-order valence-electron chi connectivity index (χ3n) is 6.00. The molecule has 1 aliphatic carbocycles. The van der Waals surface area contributed by atoms with Crippen molar-refractivity contribution in [2.75, 3.05) is 44.8 Å². The van der Waals surface area contributed by atoms with Crippen LogP contribution in [0.3, 0.4) is 0 Å². The highest BCUT2D eigenvalue weighted by Crippen LogP contribution is 2.29. The molecule has 3 aromatic rings. The third kappa shape index (κ3) is 4.46. The maximum absolute atomic E-state index is 9.22. The highest BCUT2D eigenvalue weighted by molar-refractivity contribution is 5.90. The van der Waals surface area contributed by atoms with Crippen molar-refractivity contribution in [3.05, 3.63) is 59.4 Å². The minimum absolute atomic E-state index is 0.252. The van der Waals surface area contributed by atoms with Gasteiger partial charge in [0.2, 0.25) is 0 Å². The lowest BCUT2D eigenvalue weighted by Crippen LogP contribution is -2.38. The molecule has 158 valence electrons. The molecule has 1 saturated heterocycles. The van der Waals surface area contributed by atoms with Crippen LogP contribution in [0.25, 0.3) is 10.9 Å². The molecule has 2 aliphatic rings. The van der Waals surface area contributed by atoms with Crippen molar-refractivity contribution in [3.63, 3.8) is 0 Å². The van der Waals surface area contributed by atoms with Crippen LogP contribution in [0.2, 0.25) is 0 Å². The molecule has 1 N–H and O–H groups in total. The topological polar surface area (TPSA) is 83.3 Å². The Morgan fingerprint density at radius 2 is 1.97 bits per heavy atom. The van der Waals surface area contributed by atoms with Gasteiger partial charge in [-0.05, 0) is 54.3 Å². The maximum Gasteiger partial charge on any atom is 0.137 e. The summed E-state index contributed by atoms with van der Waals surface area (Å²) >= 11 is 0. The molecule has 2 heterocycles. The first kappa shape index (κ1) is 19.7. The second-order valence-corrected chi connectivity index (χ2v) is 8.05. The minimum Gasteiger partial charge on any atom is -0.492 e. The number of morpholine rings is 1. The lowest BCUT2D eigenvalue weighted by molar-refractivity contribution is 0.0322. The van der Waals surface area contributed by atoms with E-state index >= 15 is 0 Å². The van der Waals surface area contributed by atoms with E-state index in [1.165, 1.54) is 11.1 Å². The first-order chi connectivity index (χ1) is 15.3. The summed E-state index contributed by atoms with van der Waals surface area (Å²) in [5, 5.41) is 13.7. The molecule has 1 aromatic heterocycles.